The van der Waals surface area contributed by atoms with Gasteiger partial charge in [0.05, 0.1) is 11.1 Å². The van der Waals surface area contributed by atoms with Crippen molar-refractivity contribution in [3.05, 3.63) is 58.1 Å². The Balaban J connectivity index is 2.16. The lowest BCUT2D eigenvalue weighted by Crippen LogP contribution is -2.03. The zero-order valence-electron chi connectivity index (χ0n) is 12.7. The molecule has 0 aliphatic carbocycles. The van der Waals surface area contributed by atoms with Gasteiger partial charge in [0.1, 0.15) is 18.1 Å². The van der Waals surface area contributed by atoms with E-state index in [1.54, 1.807) is 14.2 Å². The molecule has 0 heterocycles. The molecule has 0 aliphatic heterocycles. The summed E-state index contributed by atoms with van der Waals surface area (Å²) in [6, 6.07) is 13.8. The third-order valence-corrected chi connectivity index (χ3v) is 3.87. The van der Waals surface area contributed by atoms with Crippen LogP contribution in [0.1, 0.15) is 11.1 Å². The largest absolute Gasteiger partial charge is 0.489 e. The molecule has 0 saturated heterocycles. The van der Waals surface area contributed by atoms with Crippen LogP contribution in [0.15, 0.2) is 46.9 Å². The van der Waals surface area contributed by atoms with Crippen molar-refractivity contribution in [3.63, 3.8) is 0 Å². The highest BCUT2D eigenvalue weighted by atomic mass is 79.9. The summed E-state index contributed by atoms with van der Waals surface area (Å²) in [5.41, 5.74) is 2.07. The molecular formula is C17H19BrO4. The Kier molecular flexibility index (Phi) is 6.71. The fourth-order valence-corrected chi connectivity index (χ4v) is 2.40. The summed E-state index contributed by atoms with van der Waals surface area (Å²) >= 11 is 3.53. The second-order valence-corrected chi connectivity index (χ2v) is 5.45. The molecule has 118 valence electrons. The number of hydrogen-bond donors (Lipinski definition) is 0. The Hall–Kier alpha value is -1.56. The SMILES string of the molecule is COCOc1cc(OCc2ccccc2)cc(COC)c1Br. The summed E-state index contributed by atoms with van der Waals surface area (Å²) in [7, 11) is 3.24. The summed E-state index contributed by atoms with van der Waals surface area (Å²) < 4.78 is 22.4. The van der Waals surface area contributed by atoms with Crippen LogP contribution >= 0.6 is 15.9 Å². The van der Waals surface area contributed by atoms with Crippen LogP contribution in [0, 0.1) is 0 Å². The van der Waals surface area contributed by atoms with Crippen LogP contribution in [0.25, 0.3) is 0 Å². The molecule has 0 bridgehead atoms. The van der Waals surface area contributed by atoms with E-state index in [0.29, 0.717) is 19.0 Å². The minimum absolute atomic E-state index is 0.174. The summed E-state index contributed by atoms with van der Waals surface area (Å²) in [5.74, 6) is 1.39. The van der Waals surface area contributed by atoms with E-state index < -0.39 is 0 Å². The van der Waals surface area contributed by atoms with E-state index >= 15 is 0 Å². The molecule has 2 rings (SSSR count). The van der Waals surface area contributed by atoms with Crippen LogP contribution in [0.3, 0.4) is 0 Å². The first-order chi connectivity index (χ1) is 10.7. The van der Waals surface area contributed by atoms with Crippen molar-refractivity contribution in [1.82, 2.24) is 0 Å². The molecule has 5 heteroatoms. The van der Waals surface area contributed by atoms with Gasteiger partial charge in [-0.3, -0.25) is 0 Å². The predicted octanol–water partition coefficient (Wildman–Crippen LogP) is 4.16. The van der Waals surface area contributed by atoms with E-state index in [1.165, 1.54) is 0 Å². The highest BCUT2D eigenvalue weighted by Gasteiger charge is 2.11. The average molecular weight is 367 g/mol. The van der Waals surface area contributed by atoms with Crippen molar-refractivity contribution >= 4 is 15.9 Å². The van der Waals surface area contributed by atoms with Gasteiger partial charge < -0.3 is 18.9 Å². The van der Waals surface area contributed by atoms with Crippen molar-refractivity contribution in [2.75, 3.05) is 21.0 Å². The van der Waals surface area contributed by atoms with E-state index in [9.17, 15) is 0 Å². The highest BCUT2D eigenvalue weighted by molar-refractivity contribution is 9.10. The Morgan fingerprint density at radius 2 is 1.68 bits per heavy atom. The van der Waals surface area contributed by atoms with E-state index in [0.717, 1.165) is 21.3 Å². The standard InChI is InChI=1S/C17H19BrO4/c1-19-11-14-8-15(9-16(17(14)18)22-12-20-2)21-10-13-6-4-3-5-7-13/h3-9H,10-12H2,1-2H3. The zero-order valence-corrected chi connectivity index (χ0v) is 14.3. The second kappa shape index (κ2) is 8.78. The molecule has 0 fully saturated rings. The molecule has 0 atom stereocenters. The topological polar surface area (TPSA) is 36.9 Å². The number of halogens is 1. The first kappa shape index (κ1) is 16.8. The van der Waals surface area contributed by atoms with Gasteiger partial charge in [-0.2, -0.15) is 0 Å². The number of benzene rings is 2. The minimum Gasteiger partial charge on any atom is -0.489 e. The predicted molar refractivity (Wildman–Crippen MR) is 88.1 cm³/mol. The number of hydrogen-bond acceptors (Lipinski definition) is 4. The first-order valence-electron chi connectivity index (χ1n) is 6.84. The molecule has 2 aromatic rings. The lowest BCUT2D eigenvalue weighted by Gasteiger charge is -2.14. The van der Waals surface area contributed by atoms with Gasteiger partial charge in [-0.1, -0.05) is 30.3 Å². The van der Waals surface area contributed by atoms with Gasteiger partial charge in [0.15, 0.2) is 6.79 Å². The third-order valence-electron chi connectivity index (χ3n) is 2.97. The fraction of sp³-hybridized carbons (Fsp3) is 0.294. The number of ether oxygens (including phenoxy) is 4. The van der Waals surface area contributed by atoms with Crippen molar-refractivity contribution in [2.24, 2.45) is 0 Å². The lowest BCUT2D eigenvalue weighted by atomic mass is 10.2. The molecule has 22 heavy (non-hydrogen) atoms. The number of rotatable bonds is 8. The molecule has 0 spiro atoms. The van der Waals surface area contributed by atoms with E-state index in [4.69, 9.17) is 18.9 Å². The van der Waals surface area contributed by atoms with Crippen LogP contribution in [0.2, 0.25) is 0 Å². The summed E-state index contributed by atoms with van der Waals surface area (Å²) in [6.45, 7) is 1.14. The van der Waals surface area contributed by atoms with Crippen LogP contribution in [0.4, 0.5) is 0 Å². The van der Waals surface area contributed by atoms with Gasteiger partial charge in [0, 0.05) is 20.3 Å². The molecule has 4 nitrogen and oxygen atoms in total. The molecule has 0 saturated carbocycles. The second-order valence-electron chi connectivity index (χ2n) is 4.65. The van der Waals surface area contributed by atoms with Gasteiger partial charge in [-0.25, -0.2) is 0 Å². The van der Waals surface area contributed by atoms with Crippen molar-refractivity contribution in [2.45, 2.75) is 13.2 Å². The number of methoxy groups -OCH3 is 2. The maximum absolute atomic E-state index is 5.86. The summed E-state index contributed by atoms with van der Waals surface area (Å²) in [5, 5.41) is 0. The molecule has 0 N–H and O–H groups in total. The molecule has 0 aromatic heterocycles. The van der Waals surface area contributed by atoms with Gasteiger partial charge in [-0.15, -0.1) is 0 Å². The third kappa shape index (κ3) is 4.73. The first-order valence-corrected chi connectivity index (χ1v) is 7.63. The normalized spacial score (nSPS) is 10.5. The summed E-state index contributed by atoms with van der Waals surface area (Å²) in [4.78, 5) is 0. The molecule has 0 amide bonds. The van der Waals surface area contributed by atoms with E-state index in [2.05, 4.69) is 15.9 Å². The van der Waals surface area contributed by atoms with Crippen LogP contribution in [-0.2, 0) is 22.7 Å². The van der Waals surface area contributed by atoms with Gasteiger partial charge >= 0.3 is 0 Å². The molecule has 0 aliphatic rings. The van der Waals surface area contributed by atoms with Crippen LogP contribution in [0.5, 0.6) is 11.5 Å². The monoisotopic (exact) mass is 366 g/mol. The van der Waals surface area contributed by atoms with Gasteiger partial charge in [-0.05, 0) is 33.1 Å². The molecule has 2 aromatic carbocycles. The molecular weight excluding hydrogens is 348 g/mol. The molecule has 0 unspecified atom stereocenters. The van der Waals surface area contributed by atoms with Gasteiger partial charge in [0.2, 0.25) is 0 Å². The smallest absolute Gasteiger partial charge is 0.188 e. The Morgan fingerprint density at radius 3 is 2.36 bits per heavy atom. The van der Waals surface area contributed by atoms with Crippen molar-refractivity contribution < 1.29 is 18.9 Å². The van der Waals surface area contributed by atoms with Crippen molar-refractivity contribution in [1.29, 1.82) is 0 Å². The summed E-state index contributed by atoms with van der Waals surface area (Å²) in [6.07, 6.45) is 0. The highest BCUT2D eigenvalue weighted by Crippen LogP contribution is 2.34. The molecule has 0 radical (unpaired) electrons. The van der Waals surface area contributed by atoms with E-state index in [-0.39, 0.29) is 6.79 Å². The van der Waals surface area contributed by atoms with Gasteiger partial charge in [0.25, 0.3) is 0 Å². The van der Waals surface area contributed by atoms with Crippen LogP contribution in [-0.4, -0.2) is 21.0 Å². The lowest BCUT2D eigenvalue weighted by molar-refractivity contribution is 0.0501. The maximum atomic E-state index is 5.86. The van der Waals surface area contributed by atoms with E-state index in [1.807, 2.05) is 42.5 Å². The zero-order chi connectivity index (χ0) is 15.8. The minimum atomic E-state index is 0.174. The van der Waals surface area contributed by atoms with Crippen molar-refractivity contribution in [3.8, 4) is 11.5 Å². The van der Waals surface area contributed by atoms with Crippen LogP contribution < -0.4 is 9.47 Å². The average Bonchev–Trinajstić information content (AvgIpc) is 2.55. The Bertz CT molecular complexity index is 587. The Labute approximate surface area is 139 Å². The fourth-order valence-electron chi connectivity index (χ4n) is 1.94. The maximum Gasteiger partial charge on any atom is 0.188 e. The Morgan fingerprint density at radius 1 is 0.909 bits per heavy atom. The quantitative estimate of drug-likeness (QED) is 0.657.